The van der Waals surface area contributed by atoms with E-state index in [0.717, 1.165) is 18.6 Å². The molecular formula is C19H20ClN3O3S. The standard InChI is InChI=1S/C19H20ClN3O3S/c20-18-19(23-12-5-4-10-17(23)21-18)27(24,25)22-11-6-7-15(13-22)14-26-16-8-2-1-3-9-16/h1-5,8-10,12,15H,6-7,11,13-14H2. The second kappa shape index (κ2) is 7.50. The first-order valence-corrected chi connectivity index (χ1v) is 10.7. The summed E-state index contributed by atoms with van der Waals surface area (Å²) in [6.45, 7) is 1.36. The zero-order chi connectivity index (χ0) is 18.9. The number of imidazole rings is 1. The Balaban J connectivity index is 1.54. The minimum absolute atomic E-state index is 0.00357. The number of hydrogen-bond acceptors (Lipinski definition) is 4. The Kier molecular flexibility index (Phi) is 5.08. The van der Waals surface area contributed by atoms with Gasteiger partial charge in [-0.25, -0.2) is 13.4 Å². The molecule has 0 amide bonds. The molecule has 3 aromatic rings. The van der Waals surface area contributed by atoms with Crippen molar-refractivity contribution in [1.29, 1.82) is 0 Å². The van der Waals surface area contributed by atoms with Crippen LogP contribution in [0.4, 0.5) is 0 Å². The van der Waals surface area contributed by atoms with E-state index in [1.54, 1.807) is 24.4 Å². The van der Waals surface area contributed by atoms with Gasteiger partial charge in [-0.15, -0.1) is 0 Å². The van der Waals surface area contributed by atoms with Crippen molar-refractivity contribution in [3.8, 4) is 5.75 Å². The number of benzene rings is 1. The van der Waals surface area contributed by atoms with Gasteiger partial charge in [-0.05, 0) is 37.1 Å². The minimum atomic E-state index is -3.75. The molecule has 0 bridgehead atoms. The zero-order valence-corrected chi connectivity index (χ0v) is 16.2. The van der Waals surface area contributed by atoms with Crippen LogP contribution in [0.1, 0.15) is 12.8 Å². The van der Waals surface area contributed by atoms with Crippen LogP contribution < -0.4 is 4.74 Å². The molecule has 1 aliphatic heterocycles. The highest BCUT2D eigenvalue weighted by Crippen LogP contribution is 2.29. The molecule has 1 unspecified atom stereocenters. The van der Waals surface area contributed by atoms with Crippen molar-refractivity contribution in [3.63, 3.8) is 0 Å². The third-order valence-corrected chi connectivity index (χ3v) is 7.01. The largest absolute Gasteiger partial charge is 0.493 e. The van der Waals surface area contributed by atoms with E-state index < -0.39 is 10.0 Å². The quantitative estimate of drug-likeness (QED) is 0.652. The van der Waals surface area contributed by atoms with Crippen molar-refractivity contribution < 1.29 is 13.2 Å². The molecular weight excluding hydrogens is 386 g/mol. The molecule has 1 saturated heterocycles. The van der Waals surface area contributed by atoms with Gasteiger partial charge in [0.25, 0.3) is 10.0 Å². The van der Waals surface area contributed by atoms with Crippen LogP contribution in [0.15, 0.2) is 59.8 Å². The van der Waals surface area contributed by atoms with Crippen LogP contribution in [0.2, 0.25) is 5.15 Å². The zero-order valence-electron chi connectivity index (χ0n) is 14.7. The number of fused-ring (bicyclic) bond motifs is 1. The lowest BCUT2D eigenvalue weighted by molar-refractivity contribution is 0.180. The lowest BCUT2D eigenvalue weighted by Gasteiger charge is -2.31. The molecule has 0 N–H and O–H groups in total. The van der Waals surface area contributed by atoms with E-state index in [4.69, 9.17) is 16.3 Å². The first-order chi connectivity index (χ1) is 13.1. The van der Waals surface area contributed by atoms with Crippen molar-refractivity contribution in [1.82, 2.24) is 13.7 Å². The van der Waals surface area contributed by atoms with Gasteiger partial charge in [0.15, 0.2) is 10.2 Å². The van der Waals surface area contributed by atoms with E-state index in [2.05, 4.69) is 4.98 Å². The molecule has 1 fully saturated rings. The molecule has 0 radical (unpaired) electrons. The molecule has 1 aromatic carbocycles. The van der Waals surface area contributed by atoms with Crippen LogP contribution in [0.25, 0.3) is 5.65 Å². The highest BCUT2D eigenvalue weighted by Gasteiger charge is 2.34. The molecule has 142 valence electrons. The fourth-order valence-corrected chi connectivity index (χ4v) is 5.56. The summed E-state index contributed by atoms with van der Waals surface area (Å²) in [6, 6.07) is 14.9. The maximum atomic E-state index is 13.2. The summed E-state index contributed by atoms with van der Waals surface area (Å²) in [6.07, 6.45) is 3.39. The summed E-state index contributed by atoms with van der Waals surface area (Å²) in [4.78, 5) is 4.17. The number of hydrogen-bond donors (Lipinski definition) is 0. The summed E-state index contributed by atoms with van der Waals surface area (Å²) in [7, 11) is -3.75. The van der Waals surface area contributed by atoms with Gasteiger partial charge in [-0.1, -0.05) is 35.9 Å². The van der Waals surface area contributed by atoms with Crippen LogP contribution in [0, 0.1) is 5.92 Å². The van der Waals surface area contributed by atoms with E-state index in [9.17, 15) is 8.42 Å². The van der Waals surface area contributed by atoms with Crippen LogP contribution in [-0.2, 0) is 10.0 Å². The third kappa shape index (κ3) is 3.67. The molecule has 1 atom stereocenters. The van der Waals surface area contributed by atoms with Crippen molar-refractivity contribution in [2.24, 2.45) is 5.92 Å². The smallest absolute Gasteiger partial charge is 0.262 e. The predicted octanol–water partition coefficient (Wildman–Crippen LogP) is 3.47. The average Bonchev–Trinajstić information content (AvgIpc) is 3.04. The summed E-state index contributed by atoms with van der Waals surface area (Å²) in [5.74, 6) is 0.925. The summed E-state index contributed by atoms with van der Waals surface area (Å²) >= 11 is 6.19. The van der Waals surface area contributed by atoms with Gasteiger partial charge < -0.3 is 4.74 Å². The SMILES string of the molecule is O=S(=O)(c1c(Cl)nc2ccccn12)N1CCCC(COc2ccccc2)C1. The molecule has 6 nitrogen and oxygen atoms in total. The van der Waals surface area contributed by atoms with Crippen LogP contribution >= 0.6 is 11.6 Å². The van der Waals surface area contributed by atoms with Crippen molar-refractivity contribution >= 4 is 27.3 Å². The van der Waals surface area contributed by atoms with E-state index in [-0.39, 0.29) is 16.1 Å². The van der Waals surface area contributed by atoms with Crippen molar-refractivity contribution in [2.75, 3.05) is 19.7 Å². The van der Waals surface area contributed by atoms with Gasteiger partial charge in [0.2, 0.25) is 0 Å². The third-order valence-electron chi connectivity index (χ3n) is 4.74. The normalized spacial score (nSPS) is 18.6. The number of para-hydroxylation sites is 1. The maximum absolute atomic E-state index is 13.2. The fourth-order valence-electron chi connectivity index (χ4n) is 3.41. The van der Waals surface area contributed by atoms with Gasteiger partial charge >= 0.3 is 0 Å². The number of aromatic nitrogens is 2. The van der Waals surface area contributed by atoms with Crippen molar-refractivity contribution in [3.05, 3.63) is 59.9 Å². The first kappa shape index (κ1) is 18.3. The van der Waals surface area contributed by atoms with Crippen LogP contribution in [0.3, 0.4) is 0 Å². The molecule has 0 spiro atoms. The fraction of sp³-hybridized carbons (Fsp3) is 0.316. The van der Waals surface area contributed by atoms with Crippen LogP contribution in [-0.4, -0.2) is 41.8 Å². The second-order valence-corrected chi connectivity index (χ2v) is 8.84. The number of piperidine rings is 1. The second-order valence-electron chi connectivity index (χ2n) is 6.63. The number of halogens is 1. The number of nitrogens with zero attached hydrogens (tertiary/aromatic N) is 3. The Hall–Kier alpha value is -2.09. The molecule has 1 aliphatic rings. The number of ether oxygens (including phenoxy) is 1. The van der Waals surface area contributed by atoms with E-state index >= 15 is 0 Å². The van der Waals surface area contributed by atoms with Crippen LogP contribution in [0.5, 0.6) is 5.75 Å². The Morgan fingerprint density at radius 3 is 2.74 bits per heavy atom. The highest BCUT2D eigenvalue weighted by atomic mass is 35.5. The average molecular weight is 406 g/mol. The number of rotatable bonds is 5. The molecule has 0 saturated carbocycles. The number of pyridine rings is 1. The van der Waals surface area contributed by atoms with Gasteiger partial charge in [-0.3, -0.25) is 4.40 Å². The molecule has 2 aromatic heterocycles. The maximum Gasteiger partial charge on any atom is 0.262 e. The Bertz CT molecular complexity index is 1040. The summed E-state index contributed by atoms with van der Waals surface area (Å²) in [5.41, 5.74) is 0.516. The van der Waals surface area contributed by atoms with Crippen molar-refractivity contribution in [2.45, 2.75) is 17.9 Å². The van der Waals surface area contributed by atoms with Gasteiger partial charge in [0.05, 0.1) is 6.61 Å². The molecule has 8 heteroatoms. The lowest BCUT2D eigenvalue weighted by Crippen LogP contribution is -2.42. The minimum Gasteiger partial charge on any atom is -0.493 e. The molecule has 3 heterocycles. The monoisotopic (exact) mass is 405 g/mol. The summed E-state index contributed by atoms with van der Waals surface area (Å²) in [5, 5.41) is 0.0354. The molecule has 4 rings (SSSR count). The lowest BCUT2D eigenvalue weighted by atomic mass is 10.0. The molecule has 27 heavy (non-hydrogen) atoms. The predicted molar refractivity (Wildman–Crippen MR) is 104 cm³/mol. The number of sulfonamides is 1. The van der Waals surface area contributed by atoms with Gasteiger partial charge in [0.1, 0.15) is 11.4 Å². The van der Waals surface area contributed by atoms with E-state index in [1.165, 1.54) is 8.71 Å². The van der Waals surface area contributed by atoms with Gasteiger partial charge in [0, 0.05) is 25.2 Å². The first-order valence-electron chi connectivity index (χ1n) is 8.86. The van der Waals surface area contributed by atoms with E-state index in [1.807, 2.05) is 30.3 Å². The topological polar surface area (TPSA) is 63.9 Å². The highest BCUT2D eigenvalue weighted by molar-refractivity contribution is 7.89. The van der Waals surface area contributed by atoms with E-state index in [0.29, 0.717) is 25.3 Å². The Labute approximate surface area is 163 Å². The molecule has 0 aliphatic carbocycles. The van der Waals surface area contributed by atoms with Gasteiger partial charge in [-0.2, -0.15) is 4.31 Å². The summed E-state index contributed by atoms with van der Waals surface area (Å²) < 4.78 is 35.3. The Morgan fingerprint density at radius 1 is 1.15 bits per heavy atom. The Morgan fingerprint density at radius 2 is 1.93 bits per heavy atom.